The highest BCUT2D eigenvalue weighted by Crippen LogP contribution is 2.34. The van der Waals surface area contributed by atoms with Gasteiger partial charge in [0, 0.05) is 10.8 Å². The molecule has 0 saturated heterocycles. The Balaban J connectivity index is 2.45. The SMILES string of the molecule is CC(C)c1cccc2c1oc1ccc(C#N)cc12. The highest BCUT2D eigenvalue weighted by Gasteiger charge is 2.12. The molecule has 18 heavy (non-hydrogen) atoms. The average Bonchev–Trinajstić information content (AvgIpc) is 2.75. The van der Waals surface area contributed by atoms with Crippen molar-refractivity contribution in [3.8, 4) is 6.07 Å². The van der Waals surface area contributed by atoms with Gasteiger partial charge in [-0.15, -0.1) is 0 Å². The summed E-state index contributed by atoms with van der Waals surface area (Å²) in [7, 11) is 0. The summed E-state index contributed by atoms with van der Waals surface area (Å²) in [6, 6.07) is 13.9. The molecule has 0 unspecified atom stereocenters. The molecular formula is C16H13NO. The Morgan fingerprint density at radius 2 is 1.94 bits per heavy atom. The van der Waals surface area contributed by atoms with Crippen LogP contribution in [-0.2, 0) is 0 Å². The molecule has 3 aromatic rings. The Hall–Kier alpha value is -2.27. The van der Waals surface area contributed by atoms with Crippen molar-refractivity contribution in [1.29, 1.82) is 5.26 Å². The Morgan fingerprint density at radius 1 is 1.11 bits per heavy atom. The third kappa shape index (κ3) is 1.48. The fourth-order valence-corrected chi connectivity index (χ4v) is 2.34. The van der Waals surface area contributed by atoms with Crippen LogP contribution in [0.15, 0.2) is 40.8 Å². The highest BCUT2D eigenvalue weighted by atomic mass is 16.3. The largest absolute Gasteiger partial charge is 0.456 e. The molecule has 0 atom stereocenters. The molecule has 0 aliphatic heterocycles. The lowest BCUT2D eigenvalue weighted by molar-refractivity contribution is 0.657. The lowest BCUT2D eigenvalue weighted by Gasteiger charge is -2.04. The minimum absolute atomic E-state index is 0.421. The van der Waals surface area contributed by atoms with Crippen LogP contribution in [0.5, 0.6) is 0 Å². The van der Waals surface area contributed by atoms with Crippen LogP contribution in [0.1, 0.15) is 30.9 Å². The summed E-state index contributed by atoms with van der Waals surface area (Å²) in [5.41, 5.74) is 3.66. The molecule has 0 N–H and O–H groups in total. The standard InChI is InChI=1S/C16H13NO/c1-10(2)12-4-3-5-13-14-8-11(9-17)6-7-15(14)18-16(12)13/h3-8,10H,1-2H3. The molecule has 0 spiro atoms. The van der Waals surface area contributed by atoms with Crippen LogP contribution < -0.4 is 0 Å². The summed E-state index contributed by atoms with van der Waals surface area (Å²) in [6.07, 6.45) is 0. The number of hydrogen-bond acceptors (Lipinski definition) is 2. The van der Waals surface area contributed by atoms with Crippen LogP contribution in [0.4, 0.5) is 0 Å². The van der Waals surface area contributed by atoms with Crippen LogP contribution in [-0.4, -0.2) is 0 Å². The van der Waals surface area contributed by atoms with Crippen molar-refractivity contribution in [2.24, 2.45) is 0 Å². The first-order valence-corrected chi connectivity index (χ1v) is 6.06. The Bertz CT molecular complexity index is 775. The number of para-hydroxylation sites is 1. The van der Waals surface area contributed by atoms with Crippen molar-refractivity contribution >= 4 is 21.9 Å². The summed E-state index contributed by atoms with van der Waals surface area (Å²) in [4.78, 5) is 0. The summed E-state index contributed by atoms with van der Waals surface area (Å²) >= 11 is 0. The van der Waals surface area contributed by atoms with E-state index in [9.17, 15) is 0 Å². The molecule has 0 aliphatic carbocycles. The van der Waals surface area contributed by atoms with Crippen molar-refractivity contribution in [1.82, 2.24) is 0 Å². The van der Waals surface area contributed by atoms with Gasteiger partial charge in [-0.1, -0.05) is 32.0 Å². The fourth-order valence-electron chi connectivity index (χ4n) is 2.34. The normalized spacial score (nSPS) is 11.2. The van der Waals surface area contributed by atoms with Gasteiger partial charge in [0.25, 0.3) is 0 Å². The first kappa shape index (κ1) is 10.9. The lowest BCUT2D eigenvalue weighted by Crippen LogP contribution is -1.86. The molecule has 0 saturated carbocycles. The summed E-state index contributed by atoms with van der Waals surface area (Å²) in [5.74, 6) is 0.421. The van der Waals surface area contributed by atoms with E-state index in [1.807, 2.05) is 24.3 Å². The zero-order chi connectivity index (χ0) is 12.7. The van der Waals surface area contributed by atoms with Crippen molar-refractivity contribution in [3.63, 3.8) is 0 Å². The maximum atomic E-state index is 8.97. The molecule has 0 fully saturated rings. The van der Waals surface area contributed by atoms with E-state index in [-0.39, 0.29) is 0 Å². The predicted octanol–water partition coefficient (Wildman–Crippen LogP) is 4.58. The minimum Gasteiger partial charge on any atom is -0.456 e. The van der Waals surface area contributed by atoms with Gasteiger partial charge < -0.3 is 4.42 Å². The fraction of sp³-hybridized carbons (Fsp3) is 0.188. The van der Waals surface area contributed by atoms with Crippen molar-refractivity contribution < 1.29 is 4.42 Å². The zero-order valence-corrected chi connectivity index (χ0v) is 10.4. The van der Waals surface area contributed by atoms with Gasteiger partial charge in [-0.2, -0.15) is 5.26 Å². The van der Waals surface area contributed by atoms with Crippen molar-refractivity contribution in [2.45, 2.75) is 19.8 Å². The monoisotopic (exact) mass is 235 g/mol. The van der Waals surface area contributed by atoms with Gasteiger partial charge in [0.2, 0.25) is 0 Å². The van der Waals surface area contributed by atoms with Gasteiger partial charge >= 0.3 is 0 Å². The number of benzene rings is 2. The molecule has 2 aromatic carbocycles. The Kier molecular flexibility index (Phi) is 2.34. The van der Waals surface area contributed by atoms with E-state index in [2.05, 4.69) is 26.0 Å². The first-order valence-electron chi connectivity index (χ1n) is 6.06. The third-order valence-corrected chi connectivity index (χ3v) is 3.28. The third-order valence-electron chi connectivity index (χ3n) is 3.28. The predicted molar refractivity (Wildman–Crippen MR) is 72.5 cm³/mol. The second kappa shape index (κ2) is 3.89. The van der Waals surface area contributed by atoms with E-state index in [1.165, 1.54) is 5.56 Å². The molecule has 0 bridgehead atoms. The van der Waals surface area contributed by atoms with Gasteiger partial charge in [0.05, 0.1) is 11.6 Å². The quantitative estimate of drug-likeness (QED) is 0.619. The topological polar surface area (TPSA) is 36.9 Å². The molecule has 0 amide bonds. The highest BCUT2D eigenvalue weighted by molar-refractivity contribution is 6.06. The number of hydrogen-bond donors (Lipinski definition) is 0. The molecule has 1 heterocycles. The van der Waals surface area contributed by atoms with Gasteiger partial charge in [-0.3, -0.25) is 0 Å². The Morgan fingerprint density at radius 3 is 2.67 bits per heavy atom. The van der Waals surface area contributed by atoms with E-state index >= 15 is 0 Å². The zero-order valence-electron chi connectivity index (χ0n) is 10.4. The van der Waals surface area contributed by atoms with E-state index in [0.29, 0.717) is 11.5 Å². The van der Waals surface area contributed by atoms with Crippen molar-refractivity contribution in [2.75, 3.05) is 0 Å². The molecule has 1 aromatic heterocycles. The molecule has 2 heteroatoms. The first-order chi connectivity index (χ1) is 8.70. The summed E-state index contributed by atoms with van der Waals surface area (Å²) < 4.78 is 5.93. The summed E-state index contributed by atoms with van der Waals surface area (Å²) in [5, 5.41) is 11.1. The van der Waals surface area contributed by atoms with Crippen LogP contribution in [0, 0.1) is 11.3 Å². The lowest BCUT2D eigenvalue weighted by atomic mass is 10.00. The van der Waals surface area contributed by atoms with Crippen LogP contribution in [0.3, 0.4) is 0 Å². The minimum atomic E-state index is 0.421. The van der Waals surface area contributed by atoms with E-state index in [0.717, 1.165) is 21.9 Å². The average molecular weight is 235 g/mol. The maximum absolute atomic E-state index is 8.97. The maximum Gasteiger partial charge on any atom is 0.138 e. The second-order valence-electron chi connectivity index (χ2n) is 4.80. The number of nitrogens with zero attached hydrogens (tertiary/aromatic N) is 1. The van der Waals surface area contributed by atoms with Gasteiger partial charge in [0.1, 0.15) is 11.2 Å². The summed E-state index contributed by atoms with van der Waals surface area (Å²) in [6.45, 7) is 4.31. The molecular weight excluding hydrogens is 222 g/mol. The molecule has 3 rings (SSSR count). The number of nitriles is 1. The molecule has 0 aliphatic rings. The molecule has 0 radical (unpaired) electrons. The smallest absolute Gasteiger partial charge is 0.138 e. The van der Waals surface area contributed by atoms with Gasteiger partial charge in [-0.25, -0.2) is 0 Å². The second-order valence-corrected chi connectivity index (χ2v) is 4.80. The van der Waals surface area contributed by atoms with E-state index < -0.39 is 0 Å². The van der Waals surface area contributed by atoms with Crippen molar-refractivity contribution in [3.05, 3.63) is 47.5 Å². The van der Waals surface area contributed by atoms with E-state index in [4.69, 9.17) is 9.68 Å². The van der Waals surface area contributed by atoms with Crippen LogP contribution >= 0.6 is 0 Å². The van der Waals surface area contributed by atoms with Gasteiger partial charge in [-0.05, 0) is 29.7 Å². The molecule has 88 valence electrons. The number of furan rings is 1. The van der Waals surface area contributed by atoms with E-state index in [1.54, 1.807) is 6.07 Å². The van der Waals surface area contributed by atoms with Crippen LogP contribution in [0.25, 0.3) is 21.9 Å². The van der Waals surface area contributed by atoms with Crippen LogP contribution in [0.2, 0.25) is 0 Å². The van der Waals surface area contributed by atoms with Gasteiger partial charge in [0.15, 0.2) is 0 Å². The number of fused-ring (bicyclic) bond motifs is 3. The Labute approximate surface area is 105 Å². The number of rotatable bonds is 1. The molecule has 2 nitrogen and oxygen atoms in total.